The number of aliphatic carboxylic acids is 1. The maximum atomic E-state index is 12.3. The zero-order valence-corrected chi connectivity index (χ0v) is 7.91. The lowest BCUT2D eigenvalue weighted by Crippen LogP contribution is -2.03. The first-order valence-corrected chi connectivity index (χ1v) is 4.07. The van der Waals surface area contributed by atoms with E-state index < -0.39 is 18.1 Å². The van der Waals surface area contributed by atoms with Crippen LogP contribution < -0.4 is 4.74 Å². The Labute approximate surface area is 84.5 Å². The SMILES string of the molecule is COc1cc(CC(=O)O)cc(C(F)F)n1. The van der Waals surface area contributed by atoms with Crippen molar-refractivity contribution in [1.82, 2.24) is 4.98 Å². The molecule has 1 aromatic rings. The molecule has 0 radical (unpaired) electrons. The van der Waals surface area contributed by atoms with Crippen molar-refractivity contribution >= 4 is 5.97 Å². The first-order valence-electron chi connectivity index (χ1n) is 4.07. The molecule has 4 nitrogen and oxygen atoms in total. The lowest BCUT2D eigenvalue weighted by molar-refractivity contribution is -0.136. The van der Waals surface area contributed by atoms with Crippen LogP contribution in [-0.2, 0) is 11.2 Å². The Hall–Kier alpha value is -1.72. The van der Waals surface area contributed by atoms with Crippen molar-refractivity contribution in [2.24, 2.45) is 0 Å². The number of nitrogens with zero attached hydrogens (tertiary/aromatic N) is 1. The molecule has 6 heteroatoms. The molecular weight excluding hydrogens is 208 g/mol. The largest absolute Gasteiger partial charge is 0.481 e. The second-order valence-electron chi connectivity index (χ2n) is 2.81. The van der Waals surface area contributed by atoms with Crippen LogP contribution in [0.5, 0.6) is 5.88 Å². The van der Waals surface area contributed by atoms with E-state index >= 15 is 0 Å². The van der Waals surface area contributed by atoms with Crippen molar-refractivity contribution in [3.63, 3.8) is 0 Å². The molecule has 0 bridgehead atoms. The van der Waals surface area contributed by atoms with E-state index in [1.807, 2.05) is 0 Å². The number of hydrogen-bond acceptors (Lipinski definition) is 3. The Balaban J connectivity index is 3.05. The van der Waals surface area contributed by atoms with Crippen LogP contribution in [0.4, 0.5) is 8.78 Å². The number of pyridine rings is 1. The fourth-order valence-corrected chi connectivity index (χ4v) is 1.08. The number of carbonyl (C=O) groups is 1. The van der Waals surface area contributed by atoms with Crippen molar-refractivity contribution in [3.8, 4) is 5.88 Å². The zero-order valence-electron chi connectivity index (χ0n) is 7.91. The summed E-state index contributed by atoms with van der Waals surface area (Å²) in [5, 5.41) is 8.51. The van der Waals surface area contributed by atoms with Gasteiger partial charge in [-0.3, -0.25) is 4.79 Å². The topological polar surface area (TPSA) is 59.4 Å². The van der Waals surface area contributed by atoms with Crippen molar-refractivity contribution in [3.05, 3.63) is 23.4 Å². The highest BCUT2D eigenvalue weighted by molar-refractivity contribution is 5.70. The van der Waals surface area contributed by atoms with Gasteiger partial charge in [-0.25, -0.2) is 13.8 Å². The summed E-state index contributed by atoms with van der Waals surface area (Å²) in [4.78, 5) is 13.9. The Bertz CT molecular complexity index is 368. The second-order valence-corrected chi connectivity index (χ2v) is 2.81. The predicted molar refractivity (Wildman–Crippen MR) is 47.1 cm³/mol. The zero-order chi connectivity index (χ0) is 11.4. The molecule has 1 rings (SSSR count). The molecule has 0 saturated heterocycles. The van der Waals surface area contributed by atoms with Crippen LogP contribution in [0, 0.1) is 0 Å². The molecule has 0 spiro atoms. The van der Waals surface area contributed by atoms with Gasteiger partial charge in [-0.15, -0.1) is 0 Å². The molecule has 0 atom stereocenters. The normalized spacial score (nSPS) is 10.4. The van der Waals surface area contributed by atoms with Gasteiger partial charge in [-0.2, -0.15) is 0 Å². The second kappa shape index (κ2) is 4.68. The Kier molecular flexibility index (Phi) is 3.54. The highest BCUT2D eigenvalue weighted by Crippen LogP contribution is 2.21. The first-order chi connectivity index (χ1) is 7.02. The molecule has 0 amide bonds. The average molecular weight is 217 g/mol. The summed E-state index contributed by atoms with van der Waals surface area (Å²) in [6, 6.07) is 2.38. The van der Waals surface area contributed by atoms with Gasteiger partial charge in [-0.1, -0.05) is 0 Å². The molecule has 15 heavy (non-hydrogen) atoms. The predicted octanol–water partition coefficient (Wildman–Crippen LogP) is 1.65. The summed E-state index contributed by atoms with van der Waals surface area (Å²) < 4.78 is 29.4. The average Bonchev–Trinajstić information content (AvgIpc) is 2.16. The van der Waals surface area contributed by atoms with Crippen LogP contribution in [0.1, 0.15) is 17.7 Å². The molecule has 0 fully saturated rings. The minimum absolute atomic E-state index is 0.0101. The monoisotopic (exact) mass is 217 g/mol. The molecule has 1 heterocycles. The van der Waals surface area contributed by atoms with Gasteiger partial charge in [0, 0.05) is 6.07 Å². The number of halogens is 2. The summed E-state index contributed by atoms with van der Waals surface area (Å²) in [7, 11) is 1.28. The van der Waals surface area contributed by atoms with E-state index in [4.69, 9.17) is 5.11 Å². The fraction of sp³-hybridized carbons (Fsp3) is 0.333. The lowest BCUT2D eigenvalue weighted by Gasteiger charge is -2.05. The van der Waals surface area contributed by atoms with Crippen LogP contribution >= 0.6 is 0 Å². The van der Waals surface area contributed by atoms with Crippen molar-refractivity contribution in [2.45, 2.75) is 12.8 Å². The summed E-state index contributed by atoms with van der Waals surface area (Å²) >= 11 is 0. The quantitative estimate of drug-likeness (QED) is 0.833. The lowest BCUT2D eigenvalue weighted by atomic mass is 10.1. The highest BCUT2D eigenvalue weighted by Gasteiger charge is 2.13. The molecule has 0 aromatic carbocycles. The Morgan fingerprint density at radius 2 is 2.27 bits per heavy atom. The third kappa shape index (κ3) is 3.16. The Morgan fingerprint density at radius 1 is 1.60 bits per heavy atom. The van der Waals surface area contributed by atoms with Gasteiger partial charge >= 0.3 is 5.97 Å². The molecular formula is C9H9F2NO3. The van der Waals surface area contributed by atoms with Gasteiger partial charge in [-0.05, 0) is 11.6 Å². The van der Waals surface area contributed by atoms with Gasteiger partial charge in [0.15, 0.2) is 0 Å². The van der Waals surface area contributed by atoms with Gasteiger partial charge in [0.25, 0.3) is 6.43 Å². The standard InChI is InChI=1S/C9H9F2NO3/c1-15-7-3-5(4-8(13)14)2-6(12-7)9(10)11/h2-3,9H,4H2,1H3,(H,13,14). The molecule has 0 aliphatic carbocycles. The van der Waals surface area contributed by atoms with Crippen molar-refractivity contribution in [2.75, 3.05) is 7.11 Å². The summed E-state index contributed by atoms with van der Waals surface area (Å²) in [5.41, 5.74) is -0.241. The summed E-state index contributed by atoms with van der Waals surface area (Å²) in [6.45, 7) is 0. The summed E-state index contributed by atoms with van der Waals surface area (Å²) in [6.07, 6.45) is -3.08. The molecule has 0 saturated carbocycles. The van der Waals surface area contributed by atoms with Crippen molar-refractivity contribution < 1.29 is 23.4 Å². The number of carboxylic acids is 1. The maximum Gasteiger partial charge on any atom is 0.307 e. The van der Waals surface area contributed by atoms with Crippen LogP contribution in [-0.4, -0.2) is 23.2 Å². The molecule has 0 unspecified atom stereocenters. The van der Waals surface area contributed by atoms with E-state index in [9.17, 15) is 13.6 Å². The van der Waals surface area contributed by atoms with Crippen LogP contribution in [0.15, 0.2) is 12.1 Å². The van der Waals surface area contributed by atoms with Gasteiger partial charge in [0.2, 0.25) is 5.88 Å². The molecule has 82 valence electrons. The van der Waals surface area contributed by atoms with E-state index in [2.05, 4.69) is 9.72 Å². The number of aromatic nitrogens is 1. The minimum atomic E-state index is -2.74. The van der Waals surface area contributed by atoms with Crippen LogP contribution in [0.25, 0.3) is 0 Å². The minimum Gasteiger partial charge on any atom is -0.481 e. The maximum absolute atomic E-state index is 12.3. The number of methoxy groups -OCH3 is 1. The summed E-state index contributed by atoms with van der Waals surface area (Å²) in [5.74, 6) is -1.10. The number of ether oxygens (including phenoxy) is 1. The van der Waals surface area contributed by atoms with E-state index in [1.165, 1.54) is 13.2 Å². The third-order valence-corrected chi connectivity index (χ3v) is 1.67. The number of alkyl halides is 2. The first kappa shape index (κ1) is 11.4. The van der Waals surface area contributed by atoms with Crippen LogP contribution in [0.3, 0.4) is 0 Å². The van der Waals surface area contributed by atoms with Gasteiger partial charge in [0.05, 0.1) is 13.5 Å². The fourth-order valence-electron chi connectivity index (χ4n) is 1.08. The van der Waals surface area contributed by atoms with E-state index in [0.29, 0.717) is 0 Å². The van der Waals surface area contributed by atoms with Crippen molar-refractivity contribution in [1.29, 1.82) is 0 Å². The number of hydrogen-bond donors (Lipinski definition) is 1. The molecule has 0 aliphatic heterocycles. The molecule has 1 N–H and O–H groups in total. The smallest absolute Gasteiger partial charge is 0.307 e. The van der Waals surface area contributed by atoms with E-state index in [-0.39, 0.29) is 17.9 Å². The van der Waals surface area contributed by atoms with E-state index in [1.54, 1.807) is 0 Å². The Morgan fingerprint density at radius 3 is 2.73 bits per heavy atom. The van der Waals surface area contributed by atoms with Crippen LogP contribution in [0.2, 0.25) is 0 Å². The number of rotatable bonds is 4. The third-order valence-electron chi connectivity index (χ3n) is 1.67. The van der Waals surface area contributed by atoms with Gasteiger partial charge < -0.3 is 9.84 Å². The highest BCUT2D eigenvalue weighted by atomic mass is 19.3. The van der Waals surface area contributed by atoms with Gasteiger partial charge in [0.1, 0.15) is 5.69 Å². The van der Waals surface area contributed by atoms with E-state index in [0.717, 1.165) is 6.07 Å². The number of carboxylic acid groups (broad SMARTS) is 1. The molecule has 0 aliphatic rings. The molecule has 1 aromatic heterocycles.